The van der Waals surface area contributed by atoms with E-state index in [0.29, 0.717) is 0 Å². The van der Waals surface area contributed by atoms with Gasteiger partial charge in [-0.1, -0.05) is 11.6 Å². The number of halogens is 1. The van der Waals surface area contributed by atoms with Crippen molar-refractivity contribution in [2.45, 2.75) is 13.7 Å². The lowest BCUT2D eigenvalue weighted by Gasteiger charge is -1.97. The van der Waals surface area contributed by atoms with Crippen molar-refractivity contribution in [1.29, 1.82) is 0 Å². The molecule has 0 radical (unpaired) electrons. The van der Waals surface area contributed by atoms with Crippen LogP contribution in [0.4, 0.5) is 0 Å². The van der Waals surface area contributed by atoms with Crippen LogP contribution in [-0.2, 0) is 11.5 Å². The first-order chi connectivity index (χ1) is 6.19. The van der Waals surface area contributed by atoms with Gasteiger partial charge in [-0.2, -0.15) is 5.10 Å². The Labute approximate surface area is 79.9 Å². The number of aliphatic hydroxyl groups is 1. The maximum absolute atomic E-state index is 11.2. The molecule has 0 spiro atoms. The van der Waals surface area contributed by atoms with Gasteiger partial charge in [-0.25, -0.2) is 9.48 Å². The van der Waals surface area contributed by atoms with Crippen LogP contribution in [0.15, 0.2) is 6.20 Å². The summed E-state index contributed by atoms with van der Waals surface area (Å²) >= 11 is 5.61. The van der Waals surface area contributed by atoms with Crippen LogP contribution >= 0.6 is 11.6 Å². The maximum Gasteiger partial charge on any atom is 0.342 e. The van der Waals surface area contributed by atoms with Gasteiger partial charge in [-0.05, 0) is 6.92 Å². The lowest BCUT2D eigenvalue weighted by atomic mass is 10.4. The van der Waals surface area contributed by atoms with E-state index in [1.54, 1.807) is 6.92 Å². The smallest absolute Gasteiger partial charge is 0.342 e. The van der Waals surface area contributed by atoms with E-state index in [4.69, 9.17) is 21.4 Å². The molecule has 0 atom stereocenters. The Morgan fingerprint density at radius 1 is 1.85 bits per heavy atom. The molecule has 1 rings (SSSR count). The molecular formula is C7H9ClN2O3. The largest absolute Gasteiger partial charge is 0.462 e. The van der Waals surface area contributed by atoms with Crippen molar-refractivity contribution >= 4 is 17.6 Å². The molecule has 1 N–H and O–H groups in total. The number of esters is 1. The second kappa shape index (κ2) is 4.25. The van der Waals surface area contributed by atoms with Crippen LogP contribution in [-0.4, -0.2) is 27.5 Å². The first-order valence-electron chi connectivity index (χ1n) is 3.70. The Bertz CT molecular complexity index is 311. The molecular weight excluding hydrogens is 196 g/mol. The summed E-state index contributed by atoms with van der Waals surface area (Å²) in [5.41, 5.74) is 0.164. The van der Waals surface area contributed by atoms with Crippen molar-refractivity contribution in [3.8, 4) is 0 Å². The van der Waals surface area contributed by atoms with Crippen molar-refractivity contribution in [2.24, 2.45) is 0 Å². The van der Waals surface area contributed by atoms with Crippen LogP contribution in [0.25, 0.3) is 0 Å². The summed E-state index contributed by atoms with van der Waals surface area (Å²) in [7, 11) is 0. The summed E-state index contributed by atoms with van der Waals surface area (Å²) < 4.78 is 5.86. The maximum atomic E-state index is 11.2. The molecule has 6 heteroatoms. The molecule has 0 aromatic carbocycles. The van der Waals surface area contributed by atoms with E-state index in [1.165, 1.54) is 6.20 Å². The lowest BCUT2D eigenvalue weighted by molar-refractivity contribution is 0.0526. The minimum absolute atomic E-state index is 0.0347. The zero-order valence-corrected chi connectivity index (χ0v) is 7.78. The van der Waals surface area contributed by atoms with Gasteiger partial charge in [-0.3, -0.25) is 0 Å². The molecule has 0 fully saturated rings. The number of aliphatic hydroxyl groups excluding tert-OH is 1. The van der Waals surface area contributed by atoms with Gasteiger partial charge in [0.2, 0.25) is 0 Å². The third kappa shape index (κ3) is 2.19. The summed E-state index contributed by atoms with van der Waals surface area (Å²) in [5.74, 6) is -0.535. The second-order valence-corrected chi connectivity index (χ2v) is 2.59. The fraction of sp³-hybridized carbons (Fsp3) is 0.429. The molecule has 0 bridgehead atoms. The number of ether oxygens (including phenoxy) is 1. The number of nitrogens with zero attached hydrogens (tertiary/aromatic N) is 2. The number of aromatic nitrogens is 2. The Morgan fingerprint density at radius 2 is 2.54 bits per heavy atom. The number of hydrogen-bond donors (Lipinski definition) is 1. The van der Waals surface area contributed by atoms with Gasteiger partial charge in [0.25, 0.3) is 0 Å². The van der Waals surface area contributed by atoms with E-state index in [9.17, 15) is 4.79 Å². The number of carbonyl (C=O) groups is 1. The monoisotopic (exact) mass is 204 g/mol. The summed E-state index contributed by atoms with van der Waals surface area (Å²) in [6.45, 7) is 1.65. The van der Waals surface area contributed by atoms with E-state index < -0.39 is 5.97 Å². The van der Waals surface area contributed by atoms with Crippen molar-refractivity contribution in [3.05, 3.63) is 16.9 Å². The standard InChI is InChI=1S/C7H9ClN2O3/c1-2-13-7(12)5-3-10(4-11)9-6(5)8/h3,11H,2,4H2,1H3. The van der Waals surface area contributed by atoms with Gasteiger partial charge in [0, 0.05) is 6.20 Å². The number of hydrogen-bond acceptors (Lipinski definition) is 4. The molecule has 5 nitrogen and oxygen atoms in total. The van der Waals surface area contributed by atoms with E-state index >= 15 is 0 Å². The molecule has 0 aliphatic carbocycles. The Balaban J connectivity index is 2.87. The topological polar surface area (TPSA) is 64.3 Å². The normalized spacial score (nSPS) is 10.1. The van der Waals surface area contributed by atoms with Gasteiger partial charge in [-0.15, -0.1) is 0 Å². The highest BCUT2D eigenvalue weighted by molar-refractivity contribution is 6.32. The fourth-order valence-corrected chi connectivity index (χ4v) is 1.04. The molecule has 0 saturated heterocycles. The Hall–Kier alpha value is -1.07. The van der Waals surface area contributed by atoms with Crippen molar-refractivity contribution < 1.29 is 14.6 Å². The van der Waals surface area contributed by atoms with Gasteiger partial charge >= 0.3 is 5.97 Å². The van der Waals surface area contributed by atoms with E-state index in [-0.39, 0.29) is 24.1 Å². The third-order valence-electron chi connectivity index (χ3n) is 1.36. The first kappa shape index (κ1) is 10.0. The van der Waals surface area contributed by atoms with Crippen LogP contribution in [0.1, 0.15) is 17.3 Å². The van der Waals surface area contributed by atoms with Gasteiger partial charge in [0.1, 0.15) is 12.3 Å². The Kier molecular flexibility index (Phi) is 3.27. The molecule has 0 amide bonds. The SMILES string of the molecule is CCOC(=O)c1cn(CO)nc1Cl. The summed E-state index contributed by atoms with van der Waals surface area (Å²) in [5, 5.41) is 12.4. The molecule has 0 saturated carbocycles. The third-order valence-corrected chi connectivity index (χ3v) is 1.64. The summed E-state index contributed by atoms with van der Waals surface area (Å²) in [4.78, 5) is 11.2. The second-order valence-electron chi connectivity index (χ2n) is 2.23. The van der Waals surface area contributed by atoms with Crippen LogP contribution in [0.5, 0.6) is 0 Å². The zero-order chi connectivity index (χ0) is 9.84. The van der Waals surface area contributed by atoms with E-state index in [2.05, 4.69) is 5.10 Å². The first-order valence-corrected chi connectivity index (χ1v) is 4.07. The molecule has 0 aliphatic rings. The van der Waals surface area contributed by atoms with Crippen molar-refractivity contribution in [1.82, 2.24) is 9.78 Å². The van der Waals surface area contributed by atoms with E-state index in [0.717, 1.165) is 4.68 Å². The number of rotatable bonds is 3. The van der Waals surface area contributed by atoms with Gasteiger partial charge < -0.3 is 9.84 Å². The fourth-order valence-electron chi connectivity index (χ4n) is 0.816. The molecule has 1 aromatic heterocycles. The minimum atomic E-state index is -0.535. The molecule has 72 valence electrons. The molecule has 0 aliphatic heterocycles. The average molecular weight is 205 g/mol. The predicted molar refractivity (Wildman–Crippen MR) is 45.4 cm³/mol. The summed E-state index contributed by atoms with van der Waals surface area (Å²) in [6, 6.07) is 0. The van der Waals surface area contributed by atoms with E-state index in [1.807, 2.05) is 0 Å². The molecule has 0 unspecified atom stereocenters. The van der Waals surface area contributed by atoms with Crippen molar-refractivity contribution in [3.63, 3.8) is 0 Å². The Morgan fingerprint density at radius 3 is 3.00 bits per heavy atom. The summed E-state index contributed by atoms with van der Waals surface area (Å²) in [6.07, 6.45) is 1.33. The molecule has 13 heavy (non-hydrogen) atoms. The van der Waals surface area contributed by atoms with Crippen LogP contribution in [0.3, 0.4) is 0 Å². The van der Waals surface area contributed by atoms with Crippen LogP contribution in [0, 0.1) is 0 Å². The highest BCUT2D eigenvalue weighted by Gasteiger charge is 2.15. The lowest BCUT2D eigenvalue weighted by Crippen LogP contribution is -2.04. The highest BCUT2D eigenvalue weighted by Crippen LogP contribution is 2.13. The average Bonchev–Trinajstić information content (AvgIpc) is 2.47. The van der Waals surface area contributed by atoms with Gasteiger partial charge in [0.05, 0.1) is 6.61 Å². The minimum Gasteiger partial charge on any atom is -0.462 e. The van der Waals surface area contributed by atoms with Crippen molar-refractivity contribution in [2.75, 3.05) is 6.61 Å². The highest BCUT2D eigenvalue weighted by atomic mass is 35.5. The van der Waals surface area contributed by atoms with Gasteiger partial charge in [0.15, 0.2) is 5.15 Å². The quantitative estimate of drug-likeness (QED) is 0.735. The van der Waals surface area contributed by atoms with Crippen LogP contribution in [0.2, 0.25) is 5.15 Å². The van der Waals surface area contributed by atoms with Crippen LogP contribution < -0.4 is 0 Å². The molecule has 1 heterocycles. The predicted octanol–water partition coefficient (Wildman–Crippen LogP) is 0.663. The molecule has 1 aromatic rings. The number of carbonyl (C=O) groups excluding carboxylic acids is 1. The zero-order valence-electron chi connectivity index (χ0n) is 7.03.